The normalized spacial score (nSPS) is 13.3. The highest BCUT2D eigenvalue weighted by Crippen LogP contribution is 2.46. The Hall–Kier alpha value is -4.11. The minimum atomic E-state index is -4.56. The topological polar surface area (TPSA) is 68.7 Å². The molecule has 3 aromatic carbocycles. The molecule has 0 radical (unpaired) electrons. The number of amides is 2. The molecule has 2 heterocycles. The van der Waals surface area contributed by atoms with E-state index in [1.165, 1.54) is 31.4 Å². The Bertz CT molecular complexity index is 1530. The third-order valence-corrected chi connectivity index (χ3v) is 5.98. The van der Waals surface area contributed by atoms with Crippen LogP contribution in [0.5, 0.6) is 17.2 Å². The highest BCUT2D eigenvalue weighted by atomic mass is 35.5. The number of nitrogens with zero attached hydrogens (tertiary/aromatic N) is 2. The lowest BCUT2D eigenvalue weighted by molar-refractivity contribution is -0.137. The second-order valence-electron chi connectivity index (χ2n) is 8.03. The van der Waals surface area contributed by atoms with Gasteiger partial charge in [-0.2, -0.15) is 13.2 Å². The van der Waals surface area contributed by atoms with Gasteiger partial charge in [0, 0.05) is 6.07 Å². The van der Waals surface area contributed by atoms with Crippen LogP contribution in [0.15, 0.2) is 60.7 Å². The second kappa shape index (κ2) is 8.53. The highest BCUT2D eigenvalue weighted by Gasteiger charge is 2.38. The Morgan fingerprint density at radius 2 is 1.61 bits per heavy atom. The first-order valence-electron chi connectivity index (χ1n) is 10.6. The van der Waals surface area contributed by atoms with Gasteiger partial charge in [0.1, 0.15) is 16.4 Å². The summed E-state index contributed by atoms with van der Waals surface area (Å²) >= 11 is 6.23. The number of hydrogen-bond acceptors (Lipinski definition) is 5. The number of imide groups is 1. The molecule has 0 fully saturated rings. The summed E-state index contributed by atoms with van der Waals surface area (Å²) in [6.07, 6.45) is -4.56. The lowest BCUT2D eigenvalue weighted by Gasteiger charge is -2.21. The largest absolute Gasteiger partial charge is 0.493 e. The van der Waals surface area contributed by atoms with E-state index in [0.29, 0.717) is 10.9 Å². The van der Waals surface area contributed by atoms with Gasteiger partial charge in [0.15, 0.2) is 11.5 Å². The van der Waals surface area contributed by atoms with E-state index in [4.69, 9.17) is 21.1 Å². The number of pyridine rings is 1. The first-order chi connectivity index (χ1) is 17.1. The van der Waals surface area contributed by atoms with Gasteiger partial charge in [0.2, 0.25) is 0 Å². The lowest BCUT2D eigenvalue weighted by atomic mass is 10.1. The van der Waals surface area contributed by atoms with Crippen molar-refractivity contribution in [2.45, 2.75) is 13.1 Å². The molecular weight excluding hydrogens is 497 g/mol. The number of alkyl halides is 3. The van der Waals surface area contributed by atoms with Gasteiger partial charge in [-0.15, -0.1) is 0 Å². The number of halogens is 4. The molecule has 0 atom stereocenters. The van der Waals surface area contributed by atoms with Crippen molar-refractivity contribution in [2.75, 3.05) is 12.0 Å². The van der Waals surface area contributed by atoms with Crippen LogP contribution in [0.4, 0.5) is 18.9 Å². The molecule has 0 N–H and O–H groups in total. The Morgan fingerprint density at radius 1 is 0.944 bits per heavy atom. The van der Waals surface area contributed by atoms with Crippen molar-refractivity contribution < 1.29 is 32.2 Å². The van der Waals surface area contributed by atoms with E-state index < -0.39 is 23.6 Å². The molecular formula is C26H16ClF3N2O4. The molecule has 0 saturated heterocycles. The molecule has 1 aliphatic heterocycles. The highest BCUT2D eigenvalue weighted by molar-refractivity contribution is 6.36. The van der Waals surface area contributed by atoms with E-state index in [2.05, 4.69) is 4.98 Å². The monoisotopic (exact) mass is 512 g/mol. The van der Waals surface area contributed by atoms with Crippen LogP contribution in [0.2, 0.25) is 5.15 Å². The zero-order valence-electron chi connectivity index (χ0n) is 18.8. The Labute approximate surface area is 207 Å². The van der Waals surface area contributed by atoms with Crippen molar-refractivity contribution in [1.29, 1.82) is 0 Å². The van der Waals surface area contributed by atoms with Crippen LogP contribution in [-0.4, -0.2) is 23.9 Å². The van der Waals surface area contributed by atoms with Gasteiger partial charge >= 0.3 is 6.18 Å². The standard InChI is InChI=1S/C26H16ClF3N2O4/c1-13-10-20(27)31-22-18(32-24(33)16-8-3-4-9-17(16)25(32)34)12-19(35-2)23(21(13)22)36-15-7-5-6-14(11-15)26(28,29)30/h3-12H,1-2H3. The zero-order chi connectivity index (χ0) is 25.8. The molecule has 182 valence electrons. The molecule has 6 nitrogen and oxygen atoms in total. The van der Waals surface area contributed by atoms with Gasteiger partial charge in [0.25, 0.3) is 11.8 Å². The Kier molecular flexibility index (Phi) is 5.60. The quantitative estimate of drug-likeness (QED) is 0.222. The van der Waals surface area contributed by atoms with E-state index in [1.54, 1.807) is 31.2 Å². The predicted molar refractivity (Wildman–Crippen MR) is 127 cm³/mol. The van der Waals surface area contributed by atoms with E-state index in [-0.39, 0.29) is 44.7 Å². The minimum Gasteiger partial charge on any atom is -0.493 e. The minimum absolute atomic E-state index is 0.0638. The van der Waals surface area contributed by atoms with Gasteiger partial charge in [-0.1, -0.05) is 29.8 Å². The third-order valence-electron chi connectivity index (χ3n) is 5.78. The van der Waals surface area contributed by atoms with Crippen molar-refractivity contribution in [2.24, 2.45) is 0 Å². The number of carbonyl (C=O) groups excluding carboxylic acids is 2. The second-order valence-corrected chi connectivity index (χ2v) is 8.42. The fourth-order valence-electron chi connectivity index (χ4n) is 4.17. The van der Waals surface area contributed by atoms with Crippen molar-refractivity contribution in [1.82, 2.24) is 4.98 Å². The summed E-state index contributed by atoms with van der Waals surface area (Å²) in [7, 11) is 1.34. The summed E-state index contributed by atoms with van der Waals surface area (Å²) in [6.45, 7) is 1.69. The van der Waals surface area contributed by atoms with Gasteiger partial charge < -0.3 is 9.47 Å². The molecule has 1 aromatic heterocycles. The number of aryl methyl sites for hydroxylation is 1. The average Bonchev–Trinajstić information content (AvgIpc) is 3.08. The van der Waals surface area contributed by atoms with Crippen LogP contribution >= 0.6 is 11.6 Å². The maximum absolute atomic E-state index is 13.3. The van der Waals surface area contributed by atoms with Crippen molar-refractivity contribution in [3.8, 4) is 17.2 Å². The van der Waals surface area contributed by atoms with E-state index in [0.717, 1.165) is 17.0 Å². The molecule has 4 aromatic rings. The summed E-state index contributed by atoms with van der Waals surface area (Å²) in [5, 5.41) is 0.413. The number of carbonyl (C=O) groups is 2. The summed E-state index contributed by atoms with van der Waals surface area (Å²) < 4.78 is 51.2. The summed E-state index contributed by atoms with van der Waals surface area (Å²) in [4.78, 5) is 31.7. The number of methoxy groups -OCH3 is 1. The number of benzene rings is 3. The zero-order valence-corrected chi connectivity index (χ0v) is 19.6. The average molecular weight is 513 g/mol. The van der Waals surface area contributed by atoms with Gasteiger partial charge in [-0.25, -0.2) is 9.88 Å². The van der Waals surface area contributed by atoms with Crippen LogP contribution < -0.4 is 14.4 Å². The summed E-state index contributed by atoms with van der Waals surface area (Å²) in [6, 6.07) is 13.7. The maximum atomic E-state index is 13.3. The first-order valence-corrected chi connectivity index (χ1v) is 11.0. The van der Waals surface area contributed by atoms with E-state index in [1.807, 2.05) is 0 Å². The maximum Gasteiger partial charge on any atom is 0.416 e. The molecule has 0 aliphatic carbocycles. The molecule has 10 heteroatoms. The smallest absolute Gasteiger partial charge is 0.416 e. The van der Waals surface area contributed by atoms with E-state index >= 15 is 0 Å². The third kappa shape index (κ3) is 3.81. The number of rotatable bonds is 4. The number of hydrogen-bond donors (Lipinski definition) is 0. The van der Waals surface area contributed by atoms with Crippen LogP contribution in [0.25, 0.3) is 10.9 Å². The fraction of sp³-hybridized carbons (Fsp3) is 0.115. The van der Waals surface area contributed by atoms with Crippen molar-refractivity contribution in [3.63, 3.8) is 0 Å². The van der Waals surface area contributed by atoms with Gasteiger partial charge in [-0.3, -0.25) is 9.59 Å². The molecule has 0 unspecified atom stereocenters. The molecule has 5 rings (SSSR count). The number of fused-ring (bicyclic) bond motifs is 2. The summed E-state index contributed by atoms with van der Waals surface area (Å²) in [5.74, 6) is -1.05. The van der Waals surface area contributed by atoms with Crippen molar-refractivity contribution in [3.05, 3.63) is 88.1 Å². The van der Waals surface area contributed by atoms with Crippen LogP contribution in [0.1, 0.15) is 31.8 Å². The number of anilines is 1. The number of aromatic nitrogens is 1. The Morgan fingerprint density at radius 3 is 2.22 bits per heavy atom. The molecule has 0 bridgehead atoms. The van der Waals surface area contributed by atoms with Crippen LogP contribution in [-0.2, 0) is 6.18 Å². The van der Waals surface area contributed by atoms with Crippen LogP contribution in [0, 0.1) is 6.92 Å². The van der Waals surface area contributed by atoms with Gasteiger partial charge in [-0.05, 0) is 48.9 Å². The molecule has 0 saturated carbocycles. The molecule has 2 amide bonds. The molecule has 36 heavy (non-hydrogen) atoms. The lowest BCUT2D eigenvalue weighted by Crippen LogP contribution is -2.29. The predicted octanol–water partition coefficient (Wildman–Crippen LogP) is 6.82. The fourth-order valence-corrected chi connectivity index (χ4v) is 4.42. The van der Waals surface area contributed by atoms with Crippen molar-refractivity contribution >= 4 is 40.0 Å². The molecule has 0 spiro atoms. The van der Waals surface area contributed by atoms with Gasteiger partial charge in [0.05, 0.1) is 34.9 Å². The van der Waals surface area contributed by atoms with E-state index in [9.17, 15) is 22.8 Å². The Balaban J connectivity index is 1.73. The SMILES string of the molecule is COc1cc(N2C(=O)c3ccccc3C2=O)c2nc(Cl)cc(C)c2c1Oc1cccc(C(F)(F)F)c1. The first kappa shape index (κ1) is 23.6. The number of ether oxygens (including phenoxy) is 2. The summed E-state index contributed by atoms with van der Waals surface area (Å²) in [5.41, 5.74) is 0.384. The molecule has 1 aliphatic rings. The van der Waals surface area contributed by atoms with Crippen LogP contribution in [0.3, 0.4) is 0 Å².